The van der Waals surface area contributed by atoms with E-state index < -0.39 is 23.9 Å². The largest absolute Gasteiger partial charge is 0.495 e. The number of carbonyl (C=O) groups excluding carboxylic acids is 1. The van der Waals surface area contributed by atoms with Gasteiger partial charge in [-0.15, -0.1) is 0 Å². The summed E-state index contributed by atoms with van der Waals surface area (Å²) in [5.41, 5.74) is 0.857. The molecule has 0 bridgehead atoms. The van der Waals surface area contributed by atoms with Gasteiger partial charge in [0.25, 0.3) is 0 Å². The van der Waals surface area contributed by atoms with Crippen molar-refractivity contribution < 1.29 is 19.2 Å². The molecule has 2 rings (SSSR count). The van der Waals surface area contributed by atoms with Gasteiger partial charge in [0.15, 0.2) is 0 Å². The Balaban J connectivity index is 2.05. The minimum Gasteiger partial charge on any atom is -0.399 e. The Hall–Kier alpha value is -1.57. The first-order valence-electron chi connectivity index (χ1n) is 8.54. The Bertz CT molecular complexity index is 637. The zero-order valence-electron chi connectivity index (χ0n) is 16.2. The second kappa shape index (κ2) is 6.63. The Morgan fingerprint density at radius 2 is 1.76 bits per heavy atom. The van der Waals surface area contributed by atoms with Crippen LogP contribution in [0.3, 0.4) is 0 Å². The van der Waals surface area contributed by atoms with Gasteiger partial charge in [-0.2, -0.15) is 0 Å². The van der Waals surface area contributed by atoms with E-state index in [1.807, 2.05) is 52.8 Å². The number of urea groups is 1. The van der Waals surface area contributed by atoms with Crippen molar-refractivity contribution in [2.45, 2.75) is 65.3 Å². The van der Waals surface area contributed by atoms with Crippen LogP contribution in [-0.2, 0) is 9.31 Å². The molecule has 138 valence electrons. The van der Waals surface area contributed by atoms with Crippen molar-refractivity contribution in [3.8, 4) is 0 Å². The zero-order valence-corrected chi connectivity index (χ0v) is 16.2. The molecule has 1 saturated heterocycles. The minimum atomic E-state index is -0.951. The fourth-order valence-electron chi connectivity index (χ4n) is 2.46. The molecule has 1 heterocycles. The van der Waals surface area contributed by atoms with Gasteiger partial charge in [0.2, 0.25) is 0 Å². The van der Waals surface area contributed by atoms with Gasteiger partial charge in [0.1, 0.15) is 0 Å². The number of aliphatic hydroxyl groups is 1. The van der Waals surface area contributed by atoms with Crippen molar-refractivity contribution in [1.29, 1.82) is 0 Å². The van der Waals surface area contributed by atoms with Gasteiger partial charge in [-0.05, 0) is 71.6 Å². The number of amides is 2. The lowest BCUT2D eigenvalue weighted by Gasteiger charge is -2.32. The normalized spacial score (nSPS) is 19.0. The van der Waals surface area contributed by atoms with E-state index in [1.54, 1.807) is 13.8 Å². The van der Waals surface area contributed by atoms with Crippen LogP contribution < -0.4 is 16.1 Å². The predicted octanol–water partition coefficient (Wildman–Crippen LogP) is 2.19. The smallest absolute Gasteiger partial charge is 0.399 e. The van der Waals surface area contributed by atoms with Crippen LogP contribution in [0.25, 0.3) is 0 Å². The molecule has 7 heteroatoms. The maximum absolute atomic E-state index is 11.9. The maximum Gasteiger partial charge on any atom is 0.495 e. The highest BCUT2D eigenvalue weighted by Crippen LogP contribution is 2.36. The summed E-state index contributed by atoms with van der Waals surface area (Å²) in [6, 6.07) is 5.24. The first-order chi connectivity index (χ1) is 11.3. The predicted molar refractivity (Wildman–Crippen MR) is 100 cm³/mol. The van der Waals surface area contributed by atoms with Crippen LogP contribution >= 0.6 is 0 Å². The highest BCUT2D eigenvalue weighted by Gasteiger charge is 2.52. The first kappa shape index (κ1) is 19.8. The number of hydrogen-bond donors (Lipinski definition) is 3. The lowest BCUT2D eigenvalue weighted by molar-refractivity contribution is 0.00578. The van der Waals surface area contributed by atoms with Crippen LogP contribution in [0.15, 0.2) is 18.2 Å². The van der Waals surface area contributed by atoms with Crippen LogP contribution in [-0.4, -0.2) is 41.6 Å². The molecule has 0 unspecified atom stereocenters. The molecule has 0 aliphatic carbocycles. The van der Waals surface area contributed by atoms with Gasteiger partial charge in [-0.3, -0.25) is 0 Å². The molecule has 1 aromatic carbocycles. The van der Waals surface area contributed by atoms with Crippen molar-refractivity contribution in [2.75, 3.05) is 11.9 Å². The zero-order chi connectivity index (χ0) is 19.0. The van der Waals surface area contributed by atoms with Crippen molar-refractivity contribution >= 4 is 24.3 Å². The molecule has 3 N–H and O–H groups in total. The monoisotopic (exact) mass is 348 g/mol. The van der Waals surface area contributed by atoms with Crippen molar-refractivity contribution in [3.63, 3.8) is 0 Å². The molecule has 0 saturated carbocycles. The van der Waals surface area contributed by atoms with E-state index in [2.05, 4.69) is 10.6 Å². The van der Waals surface area contributed by atoms with Crippen LogP contribution in [0.1, 0.15) is 47.1 Å². The van der Waals surface area contributed by atoms with E-state index in [4.69, 9.17) is 9.31 Å². The summed E-state index contributed by atoms with van der Waals surface area (Å²) in [4.78, 5) is 11.9. The van der Waals surface area contributed by atoms with Gasteiger partial charge in [0.05, 0.1) is 16.8 Å². The highest BCUT2D eigenvalue weighted by molar-refractivity contribution is 6.62. The summed E-state index contributed by atoms with van der Waals surface area (Å²) in [6.45, 7) is 13.5. The standard InChI is InChI=1S/C18H29BN2O4/c1-12-10-13(21-15(22)20-11-16(2,3)23)8-9-14(12)19-24-17(4,5)18(6,7)25-19/h8-10,23H,11H2,1-7H3,(H2,20,21,22). The number of aryl methyl sites for hydroxylation is 1. The first-order valence-corrected chi connectivity index (χ1v) is 8.54. The number of anilines is 1. The van der Waals surface area contributed by atoms with Crippen molar-refractivity contribution in [3.05, 3.63) is 23.8 Å². The van der Waals surface area contributed by atoms with Crippen LogP contribution in [0.5, 0.6) is 0 Å². The quantitative estimate of drug-likeness (QED) is 0.729. The van der Waals surface area contributed by atoms with E-state index >= 15 is 0 Å². The summed E-state index contributed by atoms with van der Waals surface area (Å²) in [5.74, 6) is 0. The highest BCUT2D eigenvalue weighted by atomic mass is 16.7. The third-order valence-corrected chi connectivity index (χ3v) is 4.72. The molecule has 1 fully saturated rings. The lowest BCUT2D eigenvalue weighted by Crippen LogP contribution is -2.41. The molecule has 1 aliphatic rings. The van der Waals surface area contributed by atoms with Crippen molar-refractivity contribution in [1.82, 2.24) is 5.32 Å². The van der Waals surface area contributed by atoms with Gasteiger partial charge >= 0.3 is 13.1 Å². The van der Waals surface area contributed by atoms with E-state index in [9.17, 15) is 9.90 Å². The average molecular weight is 348 g/mol. The summed E-state index contributed by atoms with van der Waals surface area (Å²) in [5, 5.41) is 15.0. The molecule has 25 heavy (non-hydrogen) atoms. The Kier molecular flexibility index (Phi) is 5.24. The summed E-state index contributed by atoms with van der Waals surface area (Å²) in [6.07, 6.45) is 0. The molecule has 2 amide bonds. The number of nitrogens with one attached hydrogen (secondary N) is 2. The van der Waals surface area contributed by atoms with Gasteiger partial charge in [-0.25, -0.2) is 4.79 Å². The Morgan fingerprint density at radius 1 is 1.20 bits per heavy atom. The average Bonchev–Trinajstić information content (AvgIpc) is 2.64. The topological polar surface area (TPSA) is 79.8 Å². The molecule has 6 nitrogen and oxygen atoms in total. The van der Waals surface area contributed by atoms with E-state index in [1.165, 1.54) is 0 Å². The van der Waals surface area contributed by atoms with Gasteiger partial charge < -0.3 is 25.0 Å². The lowest BCUT2D eigenvalue weighted by atomic mass is 9.76. The minimum absolute atomic E-state index is 0.170. The number of benzene rings is 1. The van der Waals surface area contributed by atoms with Crippen molar-refractivity contribution in [2.24, 2.45) is 0 Å². The summed E-state index contributed by atoms with van der Waals surface area (Å²) in [7, 11) is -0.428. The maximum atomic E-state index is 11.9. The molecule has 0 atom stereocenters. The number of carbonyl (C=O) groups is 1. The Morgan fingerprint density at radius 3 is 2.24 bits per heavy atom. The number of rotatable bonds is 4. The van der Waals surface area contributed by atoms with Gasteiger partial charge in [-0.1, -0.05) is 6.07 Å². The van der Waals surface area contributed by atoms with E-state index in [0.717, 1.165) is 11.0 Å². The molecular weight excluding hydrogens is 319 g/mol. The van der Waals surface area contributed by atoms with Gasteiger partial charge in [0, 0.05) is 12.2 Å². The Labute approximate surface area is 150 Å². The summed E-state index contributed by atoms with van der Waals surface area (Å²) >= 11 is 0. The third kappa shape index (κ3) is 4.74. The SMILES string of the molecule is Cc1cc(NC(=O)NCC(C)(C)O)ccc1B1OC(C)(C)C(C)(C)O1. The second-order valence-corrected chi connectivity index (χ2v) is 8.28. The van der Waals surface area contributed by atoms with Crippen LogP contribution in [0.2, 0.25) is 0 Å². The molecule has 1 aromatic rings. The molecule has 1 aliphatic heterocycles. The molecular formula is C18H29BN2O4. The molecule has 0 aromatic heterocycles. The fraction of sp³-hybridized carbons (Fsp3) is 0.611. The fourth-order valence-corrected chi connectivity index (χ4v) is 2.46. The van der Waals surface area contributed by atoms with Crippen LogP contribution in [0.4, 0.5) is 10.5 Å². The second-order valence-electron chi connectivity index (χ2n) is 8.28. The van der Waals surface area contributed by atoms with E-state index in [-0.39, 0.29) is 12.6 Å². The molecule has 0 radical (unpaired) electrons. The van der Waals surface area contributed by atoms with Crippen LogP contribution in [0, 0.1) is 6.92 Å². The molecule has 0 spiro atoms. The third-order valence-electron chi connectivity index (χ3n) is 4.72. The summed E-state index contributed by atoms with van der Waals surface area (Å²) < 4.78 is 12.2. The van der Waals surface area contributed by atoms with E-state index in [0.29, 0.717) is 5.69 Å². The number of hydrogen-bond acceptors (Lipinski definition) is 4.